The van der Waals surface area contributed by atoms with Crippen molar-refractivity contribution in [3.05, 3.63) is 0 Å². The van der Waals surface area contributed by atoms with Gasteiger partial charge in [-0.2, -0.15) is 0 Å². The number of hydrogen-bond donors (Lipinski definition) is 3. The minimum atomic E-state index is -3.17. The lowest BCUT2D eigenvalue weighted by Crippen LogP contribution is -2.47. The molecule has 0 aliphatic heterocycles. The highest BCUT2D eigenvalue weighted by molar-refractivity contribution is 7.88. The van der Waals surface area contributed by atoms with E-state index in [-0.39, 0.29) is 17.4 Å². The molecule has 0 bridgehead atoms. The summed E-state index contributed by atoms with van der Waals surface area (Å²) >= 11 is 4.88. The average Bonchev–Trinajstić information content (AvgIpc) is 2.25. The van der Waals surface area contributed by atoms with E-state index in [2.05, 4.69) is 10.0 Å². The third-order valence-corrected chi connectivity index (χ3v) is 3.93. The van der Waals surface area contributed by atoms with Crippen LogP contribution in [0.25, 0.3) is 0 Å². The number of rotatable bonds is 8. The molecule has 18 heavy (non-hydrogen) atoms. The minimum Gasteiger partial charge on any atom is -0.392 e. The summed E-state index contributed by atoms with van der Waals surface area (Å²) in [7, 11) is -3.17. The third kappa shape index (κ3) is 5.74. The summed E-state index contributed by atoms with van der Waals surface area (Å²) in [5.74, 6) is -0.225. The van der Waals surface area contributed by atoms with E-state index >= 15 is 0 Å². The van der Waals surface area contributed by atoms with Gasteiger partial charge in [0.15, 0.2) is 0 Å². The van der Waals surface area contributed by atoms with Gasteiger partial charge in [0.1, 0.15) is 0 Å². The number of hydrogen-bond acceptors (Lipinski definition) is 4. The first-order valence-corrected chi connectivity index (χ1v) is 7.96. The van der Waals surface area contributed by atoms with Crippen molar-refractivity contribution in [2.75, 3.05) is 19.3 Å². The zero-order valence-corrected chi connectivity index (χ0v) is 12.6. The quantitative estimate of drug-likeness (QED) is 0.423. The molecule has 0 saturated heterocycles. The molecule has 0 heterocycles. The summed E-state index contributed by atoms with van der Waals surface area (Å²) in [5, 5.41) is 2.70. The Hall–Kier alpha value is -0.730. The predicted molar refractivity (Wildman–Crippen MR) is 75.7 cm³/mol. The molecule has 0 fully saturated rings. The smallest absolute Gasteiger partial charge is 0.232 e. The molecule has 106 valence electrons. The number of carbonyl (C=O) groups excluding carboxylic acids is 1. The fourth-order valence-electron chi connectivity index (χ4n) is 1.19. The molecular weight excluding hydrogens is 274 g/mol. The molecule has 0 aromatic rings. The highest BCUT2D eigenvalue weighted by Crippen LogP contribution is 2.21. The van der Waals surface area contributed by atoms with Gasteiger partial charge < -0.3 is 11.1 Å². The molecule has 4 N–H and O–H groups in total. The Morgan fingerprint density at radius 1 is 1.39 bits per heavy atom. The van der Waals surface area contributed by atoms with Crippen LogP contribution in [0, 0.1) is 5.41 Å². The van der Waals surface area contributed by atoms with Gasteiger partial charge in [0.05, 0.1) is 16.7 Å². The SMILES string of the molecule is CCC(C)(C(=O)NCCCNS(C)(=O)=O)C(N)=S. The normalized spacial score (nSPS) is 14.8. The fourth-order valence-corrected chi connectivity index (χ4v) is 1.94. The summed E-state index contributed by atoms with van der Waals surface area (Å²) < 4.78 is 23.9. The second kappa shape index (κ2) is 7.01. The van der Waals surface area contributed by atoms with Gasteiger partial charge in [0.25, 0.3) is 0 Å². The van der Waals surface area contributed by atoms with Gasteiger partial charge in [-0.15, -0.1) is 0 Å². The van der Waals surface area contributed by atoms with E-state index in [1.165, 1.54) is 0 Å². The molecule has 1 atom stereocenters. The monoisotopic (exact) mass is 295 g/mol. The van der Waals surface area contributed by atoms with Crippen LogP contribution in [0.3, 0.4) is 0 Å². The first-order valence-electron chi connectivity index (χ1n) is 5.66. The summed E-state index contributed by atoms with van der Waals surface area (Å²) in [5.41, 5.74) is 4.70. The second-order valence-electron chi connectivity index (χ2n) is 4.33. The Morgan fingerprint density at radius 3 is 2.33 bits per heavy atom. The van der Waals surface area contributed by atoms with Crippen LogP contribution in [0.15, 0.2) is 0 Å². The van der Waals surface area contributed by atoms with Crippen LogP contribution in [0.2, 0.25) is 0 Å². The maximum atomic E-state index is 11.9. The number of sulfonamides is 1. The second-order valence-corrected chi connectivity index (χ2v) is 6.60. The van der Waals surface area contributed by atoms with Crippen molar-refractivity contribution in [1.29, 1.82) is 0 Å². The molecule has 0 aromatic carbocycles. The fraction of sp³-hybridized carbons (Fsp3) is 0.800. The molecule has 0 radical (unpaired) electrons. The molecule has 1 amide bonds. The van der Waals surface area contributed by atoms with Gasteiger partial charge in [-0.3, -0.25) is 4.79 Å². The highest BCUT2D eigenvalue weighted by Gasteiger charge is 2.34. The summed E-state index contributed by atoms with van der Waals surface area (Å²) in [6.45, 7) is 4.19. The number of nitrogens with two attached hydrogens (primary N) is 1. The van der Waals surface area contributed by atoms with Gasteiger partial charge in [-0.1, -0.05) is 19.1 Å². The molecule has 0 aliphatic rings. The lowest BCUT2D eigenvalue weighted by Gasteiger charge is -2.25. The highest BCUT2D eigenvalue weighted by atomic mass is 32.2. The van der Waals surface area contributed by atoms with Crippen molar-refractivity contribution in [3.63, 3.8) is 0 Å². The van der Waals surface area contributed by atoms with Crippen LogP contribution in [-0.4, -0.2) is 38.7 Å². The standard InChI is InChI=1S/C10H21N3O3S2/c1-4-10(2,8(11)17)9(14)12-6-5-7-13-18(3,15)16/h13H,4-7H2,1-3H3,(H2,11,17)(H,12,14). The van der Waals surface area contributed by atoms with Gasteiger partial charge in [0, 0.05) is 13.1 Å². The number of amides is 1. The van der Waals surface area contributed by atoms with Gasteiger partial charge in [0.2, 0.25) is 15.9 Å². The lowest BCUT2D eigenvalue weighted by molar-refractivity contribution is -0.126. The van der Waals surface area contributed by atoms with E-state index in [0.29, 0.717) is 19.4 Å². The Balaban J connectivity index is 4.08. The van der Waals surface area contributed by atoms with Gasteiger partial charge in [-0.25, -0.2) is 13.1 Å². The van der Waals surface area contributed by atoms with E-state index in [4.69, 9.17) is 18.0 Å². The molecule has 0 aliphatic carbocycles. The molecule has 0 saturated carbocycles. The van der Waals surface area contributed by atoms with E-state index in [1.807, 2.05) is 6.92 Å². The van der Waals surface area contributed by atoms with Gasteiger partial charge >= 0.3 is 0 Å². The van der Waals surface area contributed by atoms with Crippen LogP contribution in [0.1, 0.15) is 26.7 Å². The van der Waals surface area contributed by atoms with Crippen molar-refractivity contribution in [2.24, 2.45) is 11.1 Å². The Kier molecular flexibility index (Phi) is 6.72. The van der Waals surface area contributed by atoms with Crippen LogP contribution in [0.5, 0.6) is 0 Å². The Labute approximate surface area is 114 Å². The zero-order valence-electron chi connectivity index (χ0n) is 10.9. The summed E-state index contributed by atoms with van der Waals surface area (Å²) in [6.07, 6.45) is 2.12. The molecular formula is C10H21N3O3S2. The van der Waals surface area contributed by atoms with Crippen molar-refractivity contribution in [2.45, 2.75) is 26.7 Å². The predicted octanol–water partition coefficient (Wildman–Crippen LogP) is -0.256. The summed E-state index contributed by atoms with van der Waals surface area (Å²) in [4.78, 5) is 12.0. The molecule has 0 spiro atoms. The van der Waals surface area contributed by atoms with Crippen molar-refractivity contribution >= 4 is 33.1 Å². The number of nitrogens with one attached hydrogen (secondary N) is 2. The lowest BCUT2D eigenvalue weighted by atomic mass is 9.86. The Bertz CT molecular complexity index is 409. The van der Waals surface area contributed by atoms with E-state index in [1.54, 1.807) is 6.92 Å². The van der Waals surface area contributed by atoms with Crippen LogP contribution in [0.4, 0.5) is 0 Å². The molecule has 8 heteroatoms. The van der Waals surface area contributed by atoms with E-state index in [9.17, 15) is 13.2 Å². The summed E-state index contributed by atoms with van der Waals surface area (Å²) in [6, 6.07) is 0. The average molecular weight is 295 g/mol. The van der Waals surface area contributed by atoms with Gasteiger partial charge in [-0.05, 0) is 19.8 Å². The largest absolute Gasteiger partial charge is 0.392 e. The maximum Gasteiger partial charge on any atom is 0.232 e. The van der Waals surface area contributed by atoms with Crippen LogP contribution < -0.4 is 15.8 Å². The van der Waals surface area contributed by atoms with Crippen LogP contribution in [-0.2, 0) is 14.8 Å². The van der Waals surface area contributed by atoms with Crippen molar-refractivity contribution < 1.29 is 13.2 Å². The van der Waals surface area contributed by atoms with Crippen molar-refractivity contribution in [3.8, 4) is 0 Å². The first-order chi connectivity index (χ1) is 8.13. The van der Waals surface area contributed by atoms with Crippen LogP contribution >= 0.6 is 12.2 Å². The molecule has 6 nitrogen and oxygen atoms in total. The Morgan fingerprint density at radius 2 is 1.94 bits per heavy atom. The maximum absolute atomic E-state index is 11.9. The molecule has 0 aromatic heterocycles. The van der Waals surface area contributed by atoms with Crippen molar-refractivity contribution in [1.82, 2.24) is 10.0 Å². The topological polar surface area (TPSA) is 101 Å². The zero-order chi connectivity index (χ0) is 14.4. The number of carbonyl (C=O) groups is 1. The number of thiocarbonyl (C=S) groups is 1. The van der Waals surface area contributed by atoms with E-state index in [0.717, 1.165) is 6.26 Å². The minimum absolute atomic E-state index is 0.164. The third-order valence-electron chi connectivity index (χ3n) is 2.76. The van der Waals surface area contributed by atoms with E-state index < -0.39 is 15.4 Å². The molecule has 0 rings (SSSR count). The first kappa shape index (κ1) is 17.3. The molecule has 1 unspecified atom stereocenters.